The van der Waals surface area contributed by atoms with Crippen molar-refractivity contribution < 1.29 is 59.2 Å². The molecule has 1 saturated carbocycles. The van der Waals surface area contributed by atoms with Crippen molar-refractivity contribution in [3.63, 3.8) is 0 Å². The second-order valence-electron chi connectivity index (χ2n) is 8.34. The summed E-state index contributed by atoms with van der Waals surface area (Å²) in [6, 6.07) is -1.38. The first-order valence-corrected chi connectivity index (χ1v) is 12.5. The van der Waals surface area contributed by atoms with Gasteiger partial charge in [-0.25, -0.2) is 0 Å². The Bertz CT molecular complexity index is 627. The van der Waals surface area contributed by atoms with E-state index in [9.17, 15) is 45.2 Å². The first kappa shape index (κ1) is 28.0. The van der Waals surface area contributed by atoms with Crippen LogP contribution in [0.15, 0.2) is 0 Å². The summed E-state index contributed by atoms with van der Waals surface area (Å²) >= 11 is 0. The minimum Gasteiger partial charge on any atom is -0.394 e. The van der Waals surface area contributed by atoms with Crippen LogP contribution in [0.1, 0.15) is 32.6 Å². The standard InChI is InChI=1S/C18H36NO12P/c1-2-3-4-5-6-32(27,28)31-17-15(26)13(24)12(23)14(25)16(17)30-18-9(19)11(22)10(21)8(7-20)29-18/h8-18,20-26H,2-7,19H2,1H3,(H,27,28)/t8-,9-,10-,11-,12-,13-,14+,15-,16-,17-,18-/m1/s1. The Kier molecular flexibility index (Phi) is 10.4. The second kappa shape index (κ2) is 11.9. The van der Waals surface area contributed by atoms with Crippen LogP contribution in [-0.2, 0) is 18.6 Å². The van der Waals surface area contributed by atoms with Crippen molar-refractivity contribution in [2.75, 3.05) is 12.8 Å². The van der Waals surface area contributed by atoms with E-state index in [0.717, 1.165) is 12.8 Å². The summed E-state index contributed by atoms with van der Waals surface area (Å²) in [5.74, 6) is 0. The highest BCUT2D eigenvalue weighted by Crippen LogP contribution is 2.47. The molecule has 0 spiro atoms. The molecule has 1 aliphatic carbocycles. The van der Waals surface area contributed by atoms with Gasteiger partial charge in [0.25, 0.3) is 0 Å². The van der Waals surface area contributed by atoms with Gasteiger partial charge >= 0.3 is 7.60 Å². The molecule has 0 aromatic carbocycles. The molecule has 1 aliphatic heterocycles. The summed E-state index contributed by atoms with van der Waals surface area (Å²) in [6.45, 7) is 1.27. The predicted octanol–water partition coefficient (Wildman–Crippen LogP) is -3.25. The molecule has 0 aromatic heterocycles. The summed E-state index contributed by atoms with van der Waals surface area (Å²) in [5, 5.41) is 70.3. The highest BCUT2D eigenvalue weighted by molar-refractivity contribution is 7.52. The molecule has 1 heterocycles. The second-order valence-corrected chi connectivity index (χ2v) is 10.3. The van der Waals surface area contributed by atoms with Gasteiger partial charge in [-0.3, -0.25) is 9.09 Å². The molecule has 0 aromatic rings. The van der Waals surface area contributed by atoms with Crippen molar-refractivity contribution >= 4 is 7.60 Å². The van der Waals surface area contributed by atoms with Gasteiger partial charge in [-0.05, 0) is 6.42 Å². The third-order valence-electron chi connectivity index (χ3n) is 5.85. The molecule has 0 amide bonds. The molecule has 2 aliphatic rings. The zero-order valence-corrected chi connectivity index (χ0v) is 18.7. The van der Waals surface area contributed by atoms with E-state index in [1.54, 1.807) is 0 Å². The molecule has 190 valence electrons. The van der Waals surface area contributed by atoms with Crippen molar-refractivity contribution in [2.24, 2.45) is 5.73 Å². The minimum atomic E-state index is -4.30. The van der Waals surface area contributed by atoms with Crippen LogP contribution in [0.25, 0.3) is 0 Å². The van der Waals surface area contributed by atoms with Crippen LogP contribution < -0.4 is 5.73 Å². The number of hydrogen-bond donors (Lipinski definition) is 9. The third kappa shape index (κ3) is 6.45. The number of rotatable bonds is 10. The van der Waals surface area contributed by atoms with Gasteiger partial charge in [0.15, 0.2) is 6.29 Å². The number of nitrogens with two attached hydrogens (primary N) is 1. The van der Waals surface area contributed by atoms with Crippen molar-refractivity contribution in [1.82, 2.24) is 0 Å². The Morgan fingerprint density at radius 2 is 1.47 bits per heavy atom. The fourth-order valence-electron chi connectivity index (χ4n) is 3.82. The van der Waals surface area contributed by atoms with Gasteiger partial charge in [-0.15, -0.1) is 0 Å². The van der Waals surface area contributed by atoms with Gasteiger partial charge in [0.2, 0.25) is 0 Å². The maximum Gasteiger partial charge on any atom is 0.328 e. The highest BCUT2D eigenvalue weighted by atomic mass is 31.2. The van der Waals surface area contributed by atoms with Gasteiger partial charge in [0.05, 0.1) is 12.6 Å². The maximum atomic E-state index is 12.6. The smallest absolute Gasteiger partial charge is 0.328 e. The van der Waals surface area contributed by atoms with E-state index >= 15 is 0 Å². The summed E-state index contributed by atoms with van der Waals surface area (Å²) in [5.41, 5.74) is 5.81. The number of unbranched alkanes of at least 4 members (excludes halogenated alkanes) is 3. The molecule has 0 bridgehead atoms. The van der Waals surface area contributed by atoms with E-state index in [4.69, 9.17) is 19.7 Å². The van der Waals surface area contributed by atoms with Gasteiger partial charge in [0, 0.05) is 6.16 Å². The molecule has 2 fully saturated rings. The summed E-state index contributed by atoms with van der Waals surface area (Å²) in [7, 11) is -4.30. The van der Waals surface area contributed by atoms with E-state index in [1.165, 1.54) is 0 Å². The van der Waals surface area contributed by atoms with Crippen LogP contribution in [0.5, 0.6) is 0 Å². The van der Waals surface area contributed by atoms with Crippen LogP contribution in [0.4, 0.5) is 0 Å². The van der Waals surface area contributed by atoms with Crippen molar-refractivity contribution in [1.29, 1.82) is 0 Å². The molecule has 1 unspecified atom stereocenters. The van der Waals surface area contributed by atoms with E-state index < -0.39 is 81.5 Å². The first-order chi connectivity index (χ1) is 14.9. The highest BCUT2D eigenvalue weighted by Gasteiger charge is 2.54. The van der Waals surface area contributed by atoms with E-state index in [0.29, 0.717) is 12.8 Å². The average molecular weight is 489 g/mol. The maximum absolute atomic E-state index is 12.6. The van der Waals surface area contributed by atoms with Crippen LogP contribution >= 0.6 is 7.60 Å². The number of ether oxygens (including phenoxy) is 2. The summed E-state index contributed by atoms with van der Waals surface area (Å²) < 4.78 is 28.6. The summed E-state index contributed by atoms with van der Waals surface area (Å²) in [4.78, 5) is 10.2. The SMILES string of the molecule is CCCCCCP(=O)(O)O[C@@H]1[C@H](O)[C@H](O)[C@@H](O)[C@H](O)[C@H]1O[C@H]1O[C@H](CO)[C@@H](O)[C@H](O)[C@H]1N. The fraction of sp³-hybridized carbons (Fsp3) is 1.00. The molecule has 13 nitrogen and oxygen atoms in total. The molecule has 32 heavy (non-hydrogen) atoms. The molecule has 12 atom stereocenters. The van der Waals surface area contributed by atoms with Crippen LogP contribution in [-0.4, -0.2) is 121 Å². The van der Waals surface area contributed by atoms with Crippen LogP contribution in [0.2, 0.25) is 0 Å². The fourth-order valence-corrected chi connectivity index (χ4v) is 5.18. The lowest BCUT2D eigenvalue weighted by molar-refractivity contribution is -0.314. The zero-order chi connectivity index (χ0) is 24.2. The van der Waals surface area contributed by atoms with Gasteiger partial charge in [-0.1, -0.05) is 26.2 Å². The number of aliphatic hydroxyl groups is 7. The van der Waals surface area contributed by atoms with E-state index in [-0.39, 0.29) is 6.16 Å². The molecule has 0 radical (unpaired) electrons. The lowest BCUT2D eigenvalue weighted by atomic mass is 9.84. The number of aliphatic hydroxyl groups excluding tert-OH is 7. The predicted molar refractivity (Wildman–Crippen MR) is 108 cm³/mol. The lowest BCUT2D eigenvalue weighted by Crippen LogP contribution is -2.68. The van der Waals surface area contributed by atoms with Crippen molar-refractivity contribution in [2.45, 2.75) is 99.9 Å². The number of hydrogen-bond acceptors (Lipinski definition) is 12. The largest absolute Gasteiger partial charge is 0.394 e. The normalized spacial score (nSPS) is 44.9. The van der Waals surface area contributed by atoms with Crippen molar-refractivity contribution in [3.8, 4) is 0 Å². The summed E-state index contributed by atoms with van der Waals surface area (Å²) in [6.07, 6.45) is -14.5. The zero-order valence-electron chi connectivity index (χ0n) is 17.8. The Labute approximate surface area is 185 Å². The minimum absolute atomic E-state index is 0.241. The molecular formula is C18H36NO12P. The topological polar surface area (TPSA) is 233 Å². The molecular weight excluding hydrogens is 453 g/mol. The molecule has 14 heteroatoms. The molecule has 10 N–H and O–H groups in total. The average Bonchev–Trinajstić information content (AvgIpc) is 2.76. The Morgan fingerprint density at radius 3 is 2.03 bits per heavy atom. The van der Waals surface area contributed by atoms with Crippen LogP contribution in [0, 0.1) is 0 Å². The molecule has 2 rings (SSSR count). The Hall–Kier alpha value is -0.250. The monoisotopic (exact) mass is 489 g/mol. The Morgan fingerprint density at radius 1 is 0.875 bits per heavy atom. The first-order valence-electron chi connectivity index (χ1n) is 10.7. The van der Waals surface area contributed by atoms with E-state index in [2.05, 4.69) is 0 Å². The lowest BCUT2D eigenvalue weighted by Gasteiger charge is -2.47. The third-order valence-corrected chi connectivity index (χ3v) is 7.30. The Balaban J connectivity index is 2.21. The van der Waals surface area contributed by atoms with Crippen molar-refractivity contribution in [3.05, 3.63) is 0 Å². The molecule has 1 saturated heterocycles. The van der Waals surface area contributed by atoms with Gasteiger partial charge < -0.3 is 55.8 Å². The van der Waals surface area contributed by atoms with Crippen LogP contribution in [0.3, 0.4) is 0 Å². The van der Waals surface area contributed by atoms with Gasteiger partial charge in [-0.2, -0.15) is 0 Å². The quantitative estimate of drug-likeness (QED) is 0.108. The van der Waals surface area contributed by atoms with E-state index in [1.807, 2.05) is 6.92 Å². The van der Waals surface area contributed by atoms with Gasteiger partial charge in [0.1, 0.15) is 54.9 Å².